The van der Waals surface area contributed by atoms with E-state index in [1.807, 2.05) is 12.1 Å². The Morgan fingerprint density at radius 3 is 2.34 bits per heavy atom. The zero-order valence-electron chi connectivity index (χ0n) is 19.9. The molecule has 0 amide bonds. The average Bonchev–Trinajstić information content (AvgIpc) is 3.14. The summed E-state index contributed by atoms with van der Waals surface area (Å²) in [5.41, 5.74) is 0.998. The van der Waals surface area contributed by atoms with E-state index in [1.165, 1.54) is 0 Å². The highest BCUT2D eigenvalue weighted by atomic mass is 127. The van der Waals surface area contributed by atoms with Gasteiger partial charge in [0.15, 0.2) is 5.96 Å². The van der Waals surface area contributed by atoms with Gasteiger partial charge >= 0.3 is 0 Å². The van der Waals surface area contributed by atoms with Crippen molar-refractivity contribution in [3.8, 4) is 0 Å². The smallest absolute Gasteiger partial charge is 0.243 e. The molecule has 32 heavy (non-hydrogen) atoms. The highest BCUT2D eigenvalue weighted by Crippen LogP contribution is 2.21. The van der Waals surface area contributed by atoms with Gasteiger partial charge in [0.2, 0.25) is 10.0 Å². The average molecular weight is 578 g/mol. The van der Waals surface area contributed by atoms with Crippen molar-refractivity contribution in [2.45, 2.75) is 70.5 Å². The second kappa shape index (κ2) is 12.5. The largest absolute Gasteiger partial charge is 0.357 e. The predicted molar refractivity (Wildman–Crippen MR) is 142 cm³/mol. The Kier molecular flexibility index (Phi) is 10.7. The Morgan fingerprint density at radius 2 is 1.78 bits per heavy atom. The molecule has 0 aromatic heterocycles. The van der Waals surface area contributed by atoms with E-state index in [4.69, 9.17) is 4.99 Å². The molecule has 0 saturated carbocycles. The van der Waals surface area contributed by atoms with Crippen LogP contribution in [0.25, 0.3) is 0 Å². The van der Waals surface area contributed by atoms with Crippen LogP contribution in [0, 0.1) is 5.92 Å². The zero-order valence-corrected chi connectivity index (χ0v) is 23.0. The molecule has 2 heterocycles. The first-order chi connectivity index (χ1) is 14.8. The van der Waals surface area contributed by atoms with Crippen molar-refractivity contribution < 1.29 is 8.42 Å². The normalized spacial score (nSPS) is 23.2. The Morgan fingerprint density at radius 1 is 1.12 bits per heavy atom. The third-order valence-electron chi connectivity index (χ3n) is 6.33. The Balaban J connectivity index is 0.00000363. The molecule has 2 aliphatic heterocycles. The van der Waals surface area contributed by atoms with Crippen LogP contribution in [0.3, 0.4) is 0 Å². The molecule has 1 aromatic rings. The molecule has 7 nitrogen and oxygen atoms in total. The SMILES string of the molecule is CCNC(=NCc1ccc(S(=O)(=O)N2CCCCC2)cc1)NC1CN(C(C)C)CC1C.I. The Labute approximate surface area is 211 Å². The van der Waals surface area contributed by atoms with Crippen LogP contribution in [0.15, 0.2) is 34.2 Å². The number of halogens is 1. The number of hydrogen-bond acceptors (Lipinski definition) is 4. The number of likely N-dealkylation sites (tertiary alicyclic amines) is 1. The number of nitrogens with one attached hydrogen (secondary N) is 2. The van der Waals surface area contributed by atoms with Gasteiger partial charge in [0.05, 0.1) is 11.4 Å². The van der Waals surface area contributed by atoms with Gasteiger partial charge in [-0.05, 0) is 57.2 Å². The van der Waals surface area contributed by atoms with E-state index in [-0.39, 0.29) is 24.0 Å². The van der Waals surface area contributed by atoms with E-state index in [0.29, 0.717) is 42.5 Å². The molecule has 0 radical (unpaired) electrons. The van der Waals surface area contributed by atoms with Crippen LogP contribution in [-0.2, 0) is 16.6 Å². The van der Waals surface area contributed by atoms with E-state index in [2.05, 4.69) is 43.2 Å². The van der Waals surface area contributed by atoms with Crippen LogP contribution >= 0.6 is 24.0 Å². The summed E-state index contributed by atoms with van der Waals surface area (Å²) in [5.74, 6) is 1.38. The summed E-state index contributed by atoms with van der Waals surface area (Å²) >= 11 is 0. The van der Waals surface area contributed by atoms with Gasteiger partial charge in [-0.1, -0.05) is 25.5 Å². The van der Waals surface area contributed by atoms with Gasteiger partial charge in [0.25, 0.3) is 0 Å². The van der Waals surface area contributed by atoms with Crippen molar-refractivity contribution >= 4 is 40.0 Å². The highest BCUT2D eigenvalue weighted by Gasteiger charge is 2.31. The molecule has 2 aliphatic rings. The number of rotatable bonds is 7. The van der Waals surface area contributed by atoms with Crippen molar-refractivity contribution in [3.63, 3.8) is 0 Å². The topological polar surface area (TPSA) is 77.0 Å². The maximum absolute atomic E-state index is 12.8. The third-order valence-corrected chi connectivity index (χ3v) is 8.25. The summed E-state index contributed by atoms with van der Waals surface area (Å²) in [5, 5.41) is 6.94. The third kappa shape index (κ3) is 7.04. The van der Waals surface area contributed by atoms with Gasteiger partial charge in [0, 0.05) is 44.8 Å². The summed E-state index contributed by atoms with van der Waals surface area (Å²) < 4.78 is 27.3. The summed E-state index contributed by atoms with van der Waals surface area (Å²) in [6.45, 7) is 13.5. The summed E-state index contributed by atoms with van der Waals surface area (Å²) in [7, 11) is -3.38. The monoisotopic (exact) mass is 577 g/mol. The number of sulfonamides is 1. The molecule has 0 spiro atoms. The lowest BCUT2D eigenvalue weighted by atomic mass is 10.1. The molecule has 182 valence electrons. The van der Waals surface area contributed by atoms with E-state index >= 15 is 0 Å². The lowest BCUT2D eigenvalue weighted by Crippen LogP contribution is -2.46. The van der Waals surface area contributed by atoms with Crippen LogP contribution in [0.1, 0.15) is 52.5 Å². The van der Waals surface area contributed by atoms with Crippen molar-refractivity contribution in [1.29, 1.82) is 0 Å². The first-order valence-electron chi connectivity index (χ1n) is 11.7. The molecule has 2 N–H and O–H groups in total. The molecule has 9 heteroatoms. The first kappa shape index (κ1) is 27.3. The standard InChI is InChI=1S/C23H39N5O2S.HI/c1-5-24-23(26-22-17-27(18(2)3)16-19(22)4)25-15-20-9-11-21(12-10-20)31(29,30)28-13-7-6-8-14-28;/h9-12,18-19,22H,5-8,13-17H2,1-4H3,(H2,24,25,26);1H. The van der Waals surface area contributed by atoms with Crippen LogP contribution in [0.2, 0.25) is 0 Å². The van der Waals surface area contributed by atoms with Crippen LogP contribution < -0.4 is 10.6 Å². The van der Waals surface area contributed by atoms with Crippen LogP contribution in [-0.4, -0.2) is 68.4 Å². The number of piperidine rings is 1. The van der Waals surface area contributed by atoms with Crippen LogP contribution in [0.4, 0.5) is 0 Å². The number of aliphatic imine (C=N–C) groups is 1. The fraction of sp³-hybridized carbons (Fsp3) is 0.696. The quantitative estimate of drug-likeness (QED) is 0.296. The van der Waals surface area contributed by atoms with Gasteiger partial charge in [-0.25, -0.2) is 13.4 Å². The molecule has 3 rings (SSSR count). The second-order valence-electron chi connectivity index (χ2n) is 9.08. The maximum atomic E-state index is 12.8. The molecule has 2 atom stereocenters. The fourth-order valence-electron chi connectivity index (χ4n) is 4.30. The van der Waals surface area contributed by atoms with Crippen molar-refractivity contribution in [2.75, 3.05) is 32.7 Å². The molecular formula is C23H40IN5O2S. The molecule has 2 unspecified atom stereocenters. The van der Waals surface area contributed by atoms with Gasteiger partial charge in [0.1, 0.15) is 0 Å². The number of benzene rings is 1. The van der Waals surface area contributed by atoms with E-state index in [1.54, 1.807) is 16.4 Å². The number of nitrogens with zero attached hydrogens (tertiary/aromatic N) is 3. The molecular weight excluding hydrogens is 537 g/mol. The number of guanidine groups is 1. The van der Waals surface area contributed by atoms with E-state index in [9.17, 15) is 8.42 Å². The first-order valence-corrected chi connectivity index (χ1v) is 13.1. The molecule has 0 aliphatic carbocycles. The van der Waals surface area contributed by atoms with Gasteiger partial charge in [-0.3, -0.25) is 4.90 Å². The Bertz CT molecular complexity index is 838. The Hall–Kier alpha value is -0.910. The molecule has 1 aromatic carbocycles. The number of hydrogen-bond donors (Lipinski definition) is 2. The lowest BCUT2D eigenvalue weighted by molar-refractivity contribution is 0.265. The van der Waals surface area contributed by atoms with E-state index in [0.717, 1.165) is 50.4 Å². The summed E-state index contributed by atoms with van der Waals surface area (Å²) in [6.07, 6.45) is 3.00. The molecule has 2 fully saturated rings. The minimum atomic E-state index is -3.38. The van der Waals surface area contributed by atoms with Crippen molar-refractivity contribution in [1.82, 2.24) is 19.8 Å². The van der Waals surface area contributed by atoms with Gasteiger partial charge in [-0.15, -0.1) is 24.0 Å². The predicted octanol–water partition coefficient (Wildman–Crippen LogP) is 3.26. The lowest BCUT2D eigenvalue weighted by Gasteiger charge is -2.25. The summed E-state index contributed by atoms with van der Waals surface area (Å²) in [4.78, 5) is 7.62. The molecule has 2 saturated heterocycles. The minimum Gasteiger partial charge on any atom is -0.357 e. The van der Waals surface area contributed by atoms with Crippen LogP contribution in [0.5, 0.6) is 0 Å². The maximum Gasteiger partial charge on any atom is 0.243 e. The minimum absolute atomic E-state index is 0. The molecule has 0 bridgehead atoms. The fourth-order valence-corrected chi connectivity index (χ4v) is 5.82. The van der Waals surface area contributed by atoms with E-state index < -0.39 is 10.0 Å². The van der Waals surface area contributed by atoms with Gasteiger partial charge in [-0.2, -0.15) is 4.31 Å². The zero-order chi connectivity index (χ0) is 22.4. The van der Waals surface area contributed by atoms with Crippen molar-refractivity contribution in [2.24, 2.45) is 10.9 Å². The van der Waals surface area contributed by atoms with Crippen molar-refractivity contribution in [3.05, 3.63) is 29.8 Å². The summed E-state index contributed by atoms with van der Waals surface area (Å²) in [6, 6.07) is 8.11. The van der Waals surface area contributed by atoms with Gasteiger partial charge < -0.3 is 10.6 Å². The highest BCUT2D eigenvalue weighted by molar-refractivity contribution is 14.0. The second-order valence-corrected chi connectivity index (χ2v) is 11.0.